The molecule has 0 bridgehead atoms. The predicted molar refractivity (Wildman–Crippen MR) is 110 cm³/mol. The first kappa shape index (κ1) is 18.0. The Kier molecular flexibility index (Phi) is 6.50. The van der Waals surface area contributed by atoms with Crippen molar-refractivity contribution < 1.29 is 4.74 Å². The monoisotopic (exact) mass is 460 g/mol. The molecule has 0 aromatic heterocycles. The normalized spacial score (nSPS) is 10.5. The Morgan fingerprint density at radius 2 is 1.52 bits per heavy atom. The zero-order chi connectivity index (χ0) is 17.5. The van der Waals surface area contributed by atoms with Gasteiger partial charge in [-0.2, -0.15) is 0 Å². The van der Waals surface area contributed by atoms with E-state index in [1.165, 1.54) is 0 Å². The molecule has 0 unspecified atom stereocenters. The number of benzene rings is 3. The van der Waals surface area contributed by atoms with Crippen LogP contribution in [-0.4, -0.2) is 0 Å². The number of para-hydroxylation sites is 1. The lowest BCUT2D eigenvalue weighted by molar-refractivity contribution is 0.300. The van der Waals surface area contributed by atoms with E-state index in [2.05, 4.69) is 60.9 Å². The maximum absolute atomic E-state index is 6.08. The van der Waals surface area contributed by atoms with Crippen LogP contribution in [0.1, 0.15) is 11.1 Å². The van der Waals surface area contributed by atoms with Crippen LogP contribution in [0.15, 0.2) is 81.7 Å². The van der Waals surface area contributed by atoms with Gasteiger partial charge in [0.2, 0.25) is 0 Å². The Hall–Kier alpha value is -1.82. The van der Waals surface area contributed by atoms with Crippen molar-refractivity contribution in [3.63, 3.8) is 0 Å². The molecule has 5 heteroatoms. The molecule has 0 radical (unpaired) electrons. The van der Waals surface area contributed by atoms with Gasteiger partial charge in [-0.25, -0.2) is 5.43 Å². The molecule has 0 amide bonds. The molecular weight excluding hydrogens is 444 g/mol. The summed E-state index contributed by atoms with van der Waals surface area (Å²) in [6, 6.07) is 24.2. The van der Waals surface area contributed by atoms with Crippen LogP contribution >= 0.6 is 31.9 Å². The van der Waals surface area contributed by atoms with Crippen LogP contribution in [0.2, 0.25) is 0 Å². The summed E-state index contributed by atoms with van der Waals surface area (Å²) in [7, 11) is 0. The molecule has 128 valence electrons. The maximum atomic E-state index is 6.08. The van der Waals surface area contributed by atoms with Crippen LogP contribution in [0.5, 0.6) is 5.75 Å². The average molecular weight is 462 g/mol. The molecule has 0 spiro atoms. The summed E-state index contributed by atoms with van der Waals surface area (Å²) in [5.74, 6) is 0.842. The molecule has 25 heavy (non-hydrogen) atoms. The van der Waals surface area contributed by atoms with E-state index in [0.717, 1.165) is 31.5 Å². The summed E-state index contributed by atoms with van der Waals surface area (Å²) in [5.41, 5.74) is 9.65. The number of hydrazine groups is 1. The van der Waals surface area contributed by atoms with Crippen LogP contribution in [0.3, 0.4) is 0 Å². The van der Waals surface area contributed by atoms with Gasteiger partial charge in [-0.3, -0.25) is 0 Å². The van der Waals surface area contributed by atoms with Gasteiger partial charge in [0.1, 0.15) is 12.4 Å². The van der Waals surface area contributed by atoms with Gasteiger partial charge in [0.25, 0.3) is 0 Å². The molecule has 3 aromatic rings. The molecular formula is C20H18Br2N2O. The van der Waals surface area contributed by atoms with E-state index >= 15 is 0 Å². The molecule has 0 saturated carbocycles. The number of anilines is 1. The van der Waals surface area contributed by atoms with Crippen molar-refractivity contribution in [3.05, 3.63) is 92.9 Å². The van der Waals surface area contributed by atoms with Gasteiger partial charge in [0.05, 0.1) is 4.47 Å². The Labute approximate surface area is 164 Å². The second-order valence-electron chi connectivity index (χ2n) is 5.49. The second kappa shape index (κ2) is 9.04. The van der Waals surface area contributed by atoms with E-state index < -0.39 is 0 Å². The van der Waals surface area contributed by atoms with E-state index in [0.29, 0.717) is 13.2 Å². The molecule has 3 rings (SSSR count). The van der Waals surface area contributed by atoms with Crippen LogP contribution < -0.4 is 15.6 Å². The van der Waals surface area contributed by atoms with Gasteiger partial charge in [0.15, 0.2) is 0 Å². The van der Waals surface area contributed by atoms with Gasteiger partial charge in [0, 0.05) is 22.3 Å². The van der Waals surface area contributed by atoms with E-state index in [1.54, 1.807) is 0 Å². The lowest BCUT2D eigenvalue weighted by Crippen LogP contribution is -2.21. The summed E-state index contributed by atoms with van der Waals surface area (Å²) in [4.78, 5) is 0. The van der Waals surface area contributed by atoms with Gasteiger partial charge < -0.3 is 10.2 Å². The Bertz CT molecular complexity index is 811. The second-order valence-corrected chi connectivity index (χ2v) is 7.26. The van der Waals surface area contributed by atoms with Gasteiger partial charge in [-0.05, 0) is 45.8 Å². The molecule has 0 fully saturated rings. The summed E-state index contributed by atoms with van der Waals surface area (Å²) in [6.45, 7) is 1.15. The fraction of sp³-hybridized carbons (Fsp3) is 0.100. The lowest BCUT2D eigenvalue weighted by Gasteiger charge is -2.16. The largest absolute Gasteiger partial charge is 0.487 e. The summed E-state index contributed by atoms with van der Waals surface area (Å²) >= 11 is 7.15. The first-order chi connectivity index (χ1) is 12.2. The molecule has 0 atom stereocenters. The fourth-order valence-corrected chi connectivity index (χ4v) is 3.83. The quantitative estimate of drug-likeness (QED) is 0.429. The van der Waals surface area contributed by atoms with Gasteiger partial charge in [-0.15, -0.1) is 0 Å². The summed E-state index contributed by atoms with van der Waals surface area (Å²) in [6.07, 6.45) is 0. The minimum absolute atomic E-state index is 0.528. The zero-order valence-corrected chi connectivity index (χ0v) is 16.7. The number of hydrogen-bond acceptors (Lipinski definition) is 3. The molecule has 0 aliphatic rings. The number of rotatable bonds is 7. The van der Waals surface area contributed by atoms with Gasteiger partial charge >= 0.3 is 0 Å². The predicted octanol–water partition coefficient (Wildman–Crippen LogP) is 5.91. The third-order valence-electron chi connectivity index (χ3n) is 3.60. The van der Waals surface area contributed by atoms with Crippen molar-refractivity contribution in [2.75, 3.05) is 5.43 Å². The SMILES string of the molecule is Brc1cc(Br)c(OCc2ccccc2)c(CNNc2ccccc2)c1. The highest BCUT2D eigenvalue weighted by molar-refractivity contribution is 9.11. The van der Waals surface area contributed by atoms with Gasteiger partial charge in [-0.1, -0.05) is 64.5 Å². The Morgan fingerprint density at radius 3 is 2.24 bits per heavy atom. The van der Waals surface area contributed by atoms with Crippen molar-refractivity contribution in [1.82, 2.24) is 5.43 Å². The van der Waals surface area contributed by atoms with Crippen LogP contribution in [0.25, 0.3) is 0 Å². The summed E-state index contributed by atoms with van der Waals surface area (Å²) < 4.78 is 8.00. The Morgan fingerprint density at radius 1 is 0.840 bits per heavy atom. The van der Waals surface area contributed by atoms with E-state index in [-0.39, 0.29) is 0 Å². The van der Waals surface area contributed by atoms with Crippen molar-refractivity contribution in [2.24, 2.45) is 0 Å². The first-order valence-corrected chi connectivity index (χ1v) is 9.49. The minimum atomic E-state index is 0.528. The van der Waals surface area contributed by atoms with Crippen molar-refractivity contribution in [1.29, 1.82) is 0 Å². The highest BCUT2D eigenvalue weighted by atomic mass is 79.9. The van der Waals surface area contributed by atoms with E-state index in [1.807, 2.05) is 54.6 Å². The lowest BCUT2D eigenvalue weighted by atomic mass is 10.2. The summed E-state index contributed by atoms with van der Waals surface area (Å²) in [5, 5.41) is 0. The first-order valence-electron chi connectivity index (χ1n) is 7.91. The standard InChI is InChI=1S/C20H18Br2N2O/c21-17-11-16(13-23-24-18-9-5-2-6-10-18)20(19(22)12-17)25-14-15-7-3-1-4-8-15/h1-12,23-24H,13-14H2. The average Bonchev–Trinajstić information content (AvgIpc) is 2.62. The zero-order valence-electron chi connectivity index (χ0n) is 13.5. The van der Waals surface area contributed by atoms with Crippen LogP contribution in [0.4, 0.5) is 5.69 Å². The third-order valence-corrected chi connectivity index (χ3v) is 4.64. The third kappa shape index (κ3) is 5.33. The smallest absolute Gasteiger partial charge is 0.138 e. The van der Waals surface area contributed by atoms with Crippen molar-refractivity contribution in [3.8, 4) is 5.75 Å². The number of hydrogen-bond donors (Lipinski definition) is 2. The van der Waals surface area contributed by atoms with Crippen molar-refractivity contribution in [2.45, 2.75) is 13.2 Å². The molecule has 0 aliphatic carbocycles. The number of halogens is 2. The van der Waals surface area contributed by atoms with Crippen LogP contribution in [0, 0.1) is 0 Å². The maximum Gasteiger partial charge on any atom is 0.138 e. The highest BCUT2D eigenvalue weighted by Crippen LogP contribution is 2.33. The molecule has 3 aromatic carbocycles. The molecule has 2 N–H and O–H groups in total. The van der Waals surface area contributed by atoms with E-state index in [9.17, 15) is 0 Å². The minimum Gasteiger partial charge on any atom is -0.487 e. The molecule has 0 aliphatic heterocycles. The fourth-order valence-electron chi connectivity index (χ4n) is 2.40. The van der Waals surface area contributed by atoms with Crippen molar-refractivity contribution >= 4 is 37.5 Å². The molecule has 0 heterocycles. The molecule has 0 saturated heterocycles. The van der Waals surface area contributed by atoms with E-state index in [4.69, 9.17) is 4.74 Å². The topological polar surface area (TPSA) is 33.3 Å². The Balaban J connectivity index is 1.69. The highest BCUT2D eigenvalue weighted by Gasteiger charge is 2.10. The molecule has 3 nitrogen and oxygen atoms in total. The number of ether oxygens (including phenoxy) is 1. The van der Waals surface area contributed by atoms with Crippen LogP contribution in [-0.2, 0) is 13.2 Å². The number of nitrogens with one attached hydrogen (secondary N) is 2.